The van der Waals surface area contributed by atoms with Gasteiger partial charge >= 0.3 is 0 Å². The van der Waals surface area contributed by atoms with Crippen LogP contribution in [0.1, 0.15) is 42.5 Å². The number of hydrogen-bond donors (Lipinski definition) is 0. The molecule has 0 bridgehead atoms. The predicted octanol–water partition coefficient (Wildman–Crippen LogP) is 3.38. The topological polar surface area (TPSA) is 48.5 Å². The first kappa shape index (κ1) is 14.1. The van der Waals surface area contributed by atoms with Gasteiger partial charge in [0.25, 0.3) is 0 Å². The van der Waals surface area contributed by atoms with E-state index in [1.165, 1.54) is 5.56 Å². The Balaban J connectivity index is 2.24. The van der Waals surface area contributed by atoms with E-state index in [1.807, 2.05) is 18.5 Å². The molecule has 2 heterocycles. The lowest BCUT2D eigenvalue weighted by Crippen LogP contribution is -2.15. The van der Waals surface area contributed by atoms with Crippen molar-refractivity contribution in [3.05, 3.63) is 41.7 Å². The standard InChI is InChI=1S/C15H18ClN5/c1-9-5-6-13-12(7-9)18-14(10(2)16)21(13)11(3)15-19-17-8-20(15)4/h5-8,10-11H,1-4H3. The molecule has 2 unspecified atom stereocenters. The number of imidazole rings is 1. The summed E-state index contributed by atoms with van der Waals surface area (Å²) in [7, 11) is 1.94. The number of rotatable bonds is 3. The van der Waals surface area contributed by atoms with Crippen LogP contribution in [0.2, 0.25) is 0 Å². The normalized spacial score (nSPS) is 14.5. The molecule has 0 spiro atoms. The first-order chi connectivity index (χ1) is 9.99. The molecule has 3 aromatic rings. The smallest absolute Gasteiger partial charge is 0.155 e. The Morgan fingerprint density at radius 2 is 1.95 bits per heavy atom. The lowest BCUT2D eigenvalue weighted by atomic mass is 10.2. The van der Waals surface area contributed by atoms with E-state index in [0.29, 0.717) is 0 Å². The number of halogens is 1. The van der Waals surface area contributed by atoms with Crippen LogP contribution in [0.5, 0.6) is 0 Å². The molecule has 2 atom stereocenters. The van der Waals surface area contributed by atoms with E-state index in [9.17, 15) is 0 Å². The maximum absolute atomic E-state index is 6.34. The van der Waals surface area contributed by atoms with Gasteiger partial charge in [-0.3, -0.25) is 0 Å². The summed E-state index contributed by atoms with van der Waals surface area (Å²) in [6, 6.07) is 6.28. The number of nitrogens with zero attached hydrogens (tertiary/aromatic N) is 5. The zero-order valence-electron chi connectivity index (χ0n) is 12.6. The second-order valence-corrected chi connectivity index (χ2v) is 6.08. The molecule has 2 aromatic heterocycles. The molecule has 0 amide bonds. The van der Waals surface area contributed by atoms with Gasteiger partial charge in [0, 0.05) is 7.05 Å². The van der Waals surface area contributed by atoms with Gasteiger partial charge in [0.1, 0.15) is 12.2 Å². The molecule has 0 saturated heterocycles. The fraction of sp³-hybridized carbons (Fsp3) is 0.400. The van der Waals surface area contributed by atoms with Gasteiger partial charge in [-0.1, -0.05) is 6.07 Å². The van der Waals surface area contributed by atoms with Gasteiger partial charge in [0.05, 0.1) is 22.5 Å². The molecule has 0 radical (unpaired) electrons. The quantitative estimate of drug-likeness (QED) is 0.697. The van der Waals surface area contributed by atoms with Crippen LogP contribution in [0.15, 0.2) is 24.5 Å². The van der Waals surface area contributed by atoms with Crippen LogP contribution >= 0.6 is 11.6 Å². The minimum absolute atomic E-state index is 0.0152. The van der Waals surface area contributed by atoms with Crippen molar-refractivity contribution < 1.29 is 0 Å². The number of alkyl halides is 1. The Morgan fingerprint density at radius 1 is 1.19 bits per heavy atom. The molecule has 3 rings (SSSR count). The van der Waals surface area contributed by atoms with E-state index < -0.39 is 0 Å². The molecular formula is C15H18ClN5. The van der Waals surface area contributed by atoms with E-state index in [4.69, 9.17) is 16.6 Å². The van der Waals surface area contributed by atoms with Crippen molar-refractivity contribution in [1.29, 1.82) is 0 Å². The fourth-order valence-corrected chi connectivity index (χ4v) is 2.85. The van der Waals surface area contributed by atoms with Gasteiger partial charge in [-0.2, -0.15) is 0 Å². The van der Waals surface area contributed by atoms with Crippen molar-refractivity contribution in [2.24, 2.45) is 7.05 Å². The van der Waals surface area contributed by atoms with Crippen LogP contribution < -0.4 is 0 Å². The first-order valence-electron chi connectivity index (χ1n) is 6.95. The third-order valence-electron chi connectivity index (χ3n) is 3.74. The number of fused-ring (bicyclic) bond motifs is 1. The second kappa shape index (κ2) is 5.15. The summed E-state index contributed by atoms with van der Waals surface area (Å²) in [5.74, 6) is 1.74. The summed E-state index contributed by atoms with van der Waals surface area (Å²) in [6.45, 7) is 6.09. The minimum atomic E-state index is -0.173. The summed E-state index contributed by atoms with van der Waals surface area (Å²) in [6.07, 6.45) is 1.71. The zero-order valence-corrected chi connectivity index (χ0v) is 13.3. The van der Waals surface area contributed by atoms with Crippen LogP contribution in [0.4, 0.5) is 0 Å². The fourth-order valence-electron chi connectivity index (χ4n) is 2.70. The summed E-state index contributed by atoms with van der Waals surface area (Å²) in [5.41, 5.74) is 3.22. The van der Waals surface area contributed by atoms with Gasteiger partial charge in [-0.15, -0.1) is 21.8 Å². The SMILES string of the molecule is Cc1ccc2c(c1)nc(C(C)Cl)n2C(C)c1nncn1C. The van der Waals surface area contributed by atoms with Crippen LogP contribution in [-0.4, -0.2) is 24.3 Å². The molecule has 0 N–H and O–H groups in total. The minimum Gasteiger partial charge on any atom is -0.319 e. The Kier molecular flexibility index (Phi) is 3.45. The molecule has 5 nitrogen and oxygen atoms in total. The van der Waals surface area contributed by atoms with E-state index in [0.717, 1.165) is 22.7 Å². The lowest BCUT2D eigenvalue weighted by Gasteiger charge is -2.17. The molecule has 0 saturated carbocycles. The van der Waals surface area contributed by atoms with Crippen molar-refractivity contribution >= 4 is 22.6 Å². The van der Waals surface area contributed by atoms with Crippen molar-refractivity contribution in [2.75, 3.05) is 0 Å². The maximum atomic E-state index is 6.34. The Hall–Kier alpha value is -1.88. The van der Waals surface area contributed by atoms with Gasteiger partial charge in [0.2, 0.25) is 0 Å². The summed E-state index contributed by atoms with van der Waals surface area (Å²) >= 11 is 6.34. The molecule has 1 aromatic carbocycles. The monoisotopic (exact) mass is 303 g/mol. The molecule has 21 heavy (non-hydrogen) atoms. The molecule has 0 aliphatic rings. The molecular weight excluding hydrogens is 286 g/mol. The van der Waals surface area contributed by atoms with E-state index in [1.54, 1.807) is 6.33 Å². The number of aryl methyl sites for hydroxylation is 2. The molecule has 0 aliphatic carbocycles. The van der Waals surface area contributed by atoms with Crippen LogP contribution in [0.3, 0.4) is 0 Å². The van der Waals surface area contributed by atoms with E-state index >= 15 is 0 Å². The third kappa shape index (κ3) is 2.31. The largest absolute Gasteiger partial charge is 0.319 e. The zero-order chi connectivity index (χ0) is 15.1. The van der Waals surface area contributed by atoms with E-state index in [2.05, 4.69) is 46.8 Å². The Labute approximate surface area is 128 Å². The second-order valence-electron chi connectivity index (χ2n) is 5.42. The third-order valence-corrected chi connectivity index (χ3v) is 3.93. The average molecular weight is 304 g/mol. The lowest BCUT2D eigenvalue weighted by molar-refractivity contribution is 0.563. The summed E-state index contributed by atoms with van der Waals surface area (Å²) < 4.78 is 4.07. The highest BCUT2D eigenvalue weighted by Gasteiger charge is 2.22. The van der Waals surface area contributed by atoms with Crippen molar-refractivity contribution in [3.63, 3.8) is 0 Å². The van der Waals surface area contributed by atoms with E-state index in [-0.39, 0.29) is 11.4 Å². The van der Waals surface area contributed by atoms with Gasteiger partial charge in [-0.05, 0) is 38.5 Å². The number of aromatic nitrogens is 5. The van der Waals surface area contributed by atoms with Crippen LogP contribution in [-0.2, 0) is 7.05 Å². The molecule has 0 fully saturated rings. The number of benzene rings is 1. The van der Waals surface area contributed by atoms with Crippen LogP contribution in [0.25, 0.3) is 11.0 Å². The highest BCUT2D eigenvalue weighted by molar-refractivity contribution is 6.20. The summed E-state index contributed by atoms with van der Waals surface area (Å²) in [4.78, 5) is 4.71. The van der Waals surface area contributed by atoms with Gasteiger partial charge < -0.3 is 9.13 Å². The van der Waals surface area contributed by atoms with Gasteiger partial charge in [0.15, 0.2) is 5.82 Å². The number of hydrogen-bond acceptors (Lipinski definition) is 3. The van der Waals surface area contributed by atoms with Gasteiger partial charge in [-0.25, -0.2) is 4.98 Å². The average Bonchev–Trinajstić information content (AvgIpc) is 3.01. The Morgan fingerprint density at radius 3 is 2.57 bits per heavy atom. The molecule has 110 valence electrons. The first-order valence-corrected chi connectivity index (χ1v) is 7.39. The predicted molar refractivity (Wildman–Crippen MR) is 83.6 cm³/mol. The van der Waals surface area contributed by atoms with Crippen molar-refractivity contribution in [2.45, 2.75) is 32.2 Å². The van der Waals surface area contributed by atoms with Crippen LogP contribution in [0, 0.1) is 6.92 Å². The Bertz CT molecular complexity index is 787. The summed E-state index contributed by atoms with van der Waals surface area (Å²) in [5, 5.41) is 8.01. The van der Waals surface area contributed by atoms with Crippen molar-refractivity contribution in [1.82, 2.24) is 24.3 Å². The molecule has 6 heteroatoms. The highest BCUT2D eigenvalue weighted by Crippen LogP contribution is 2.30. The van der Waals surface area contributed by atoms with Crippen molar-refractivity contribution in [3.8, 4) is 0 Å². The maximum Gasteiger partial charge on any atom is 0.155 e. The highest BCUT2D eigenvalue weighted by atomic mass is 35.5. The molecule has 0 aliphatic heterocycles.